The molecule has 0 aliphatic carbocycles. The molecule has 2 atom stereocenters. The average Bonchev–Trinajstić information content (AvgIpc) is 3.36. The molecule has 3 N–H and O–H groups in total. The minimum atomic E-state index is -0.343. The van der Waals surface area contributed by atoms with Crippen molar-refractivity contribution >= 4 is 17.2 Å². The molecule has 1 aliphatic heterocycles. The second kappa shape index (κ2) is 7.87. The van der Waals surface area contributed by atoms with Crippen molar-refractivity contribution in [3.8, 4) is 10.7 Å². The molecule has 1 aromatic carbocycles. The van der Waals surface area contributed by atoms with Crippen LogP contribution in [0.4, 0.5) is 4.39 Å². The Bertz CT molecular complexity index is 934. The van der Waals surface area contributed by atoms with Gasteiger partial charge in [0, 0.05) is 24.3 Å². The number of hydrogen-bond donors (Lipinski definition) is 3. The summed E-state index contributed by atoms with van der Waals surface area (Å²) in [7, 11) is 0. The van der Waals surface area contributed by atoms with Gasteiger partial charge in [0.2, 0.25) is 5.91 Å². The summed E-state index contributed by atoms with van der Waals surface area (Å²) in [6, 6.07) is 5.99. The third-order valence-corrected chi connectivity index (χ3v) is 5.22. The van der Waals surface area contributed by atoms with E-state index >= 15 is 0 Å². The summed E-state index contributed by atoms with van der Waals surface area (Å²) in [5, 5.41) is 5.56. The molecule has 1 fully saturated rings. The first kappa shape index (κ1) is 17.7. The summed E-state index contributed by atoms with van der Waals surface area (Å²) in [6.07, 6.45) is 4.88. The van der Waals surface area contributed by atoms with E-state index in [1.807, 2.05) is 11.4 Å². The smallest absolute Gasteiger partial charge is 0.226 e. The molecule has 3 aromatic rings. The van der Waals surface area contributed by atoms with E-state index in [2.05, 4.69) is 31.1 Å². The SMILES string of the molecule is O=C(NCc1csc(-c2cnccn2)n1)C1CNNC1c1cccc(F)c1. The van der Waals surface area contributed by atoms with E-state index in [1.165, 1.54) is 23.5 Å². The molecule has 0 radical (unpaired) electrons. The van der Waals surface area contributed by atoms with E-state index in [-0.39, 0.29) is 23.7 Å². The van der Waals surface area contributed by atoms with Crippen LogP contribution in [-0.2, 0) is 11.3 Å². The zero-order chi connectivity index (χ0) is 18.6. The van der Waals surface area contributed by atoms with Gasteiger partial charge in [-0.05, 0) is 17.7 Å². The molecule has 1 aliphatic rings. The van der Waals surface area contributed by atoms with Gasteiger partial charge in [0.05, 0.1) is 30.4 Å². The fourth-order valence-corrected chi connectivity index (χ4v) is 3.76. The highest BCUT2D eigenvalue weighted by Crippen LogP contribution is 2.26. The molecule has 0 bridgehead atoms. The molecule has 2 aromatic heterocycles. The molecular formula is C18H17FN6OS. The van der Waals surface area contributed by atoms with Crippen molar-refractivity contribution in [1.82, 2.24) is 31.1 Å². The number of halogens is 1. The van der Waals surface area contributed by atoms with E-state index in [0.717, 1.165) is 16.3 Å². The highest BCUT2D eigenvalue weighted by molar-refractivity contribution is 7.13. The number of nitrogens with zero attached hydrogens (tertiary/aromatic N) is 3. The van der Waals surface area contributed by atoms with Crippen LogP contribution in [0, 0.1) is 11.7 Å². The van der Waals surface area contributed by atoms with E-state index in [4.69, 9.17) is 0 Å². The Morgan fingerprint density at radius 1 is 1.37 bits per heavy atom. The fraction of sp³-hybridized carbons (Fsp3) is 0.222. The van der Waals surface area contributed by atoms with Crippen molar-refractivity contribution < 1.29 is 9.18 Å². The highest BCUT2D eigenvalue weighted by Gasteiger charge is 2.34. The zero-order valence-electron chi connectivity index (χ0n) is 14.2. The van der Waals surface area contributed by atoms with Gasteiger partial charge in [-0.15, -0.1) is 11.3 Å². The summed E-state index contributed by atoms with van der Waals surface area (Å²) in [4.78, 5) is 25.4. The van der Waals surface area contributed by atoms with Gasteiger partial charge in [0.1, 0.15) is 16.5 Å². The van der Waals surface area contributed by atoms with E-state index in [9.17, 15) is 9.18 Å². The van der Waals surface area contributed by atoms with Crippen molar-refractivity contribution in [2.24, 2.45) is 5.92 Å². The summed E-state index contributed by atoms with van der Waals surface area (Å²) in [5.74, 6) is -0.778. The van der Waals surface area contributed by atoms with Crippen LogP contribution in [0.15, 0.2) is 48.2 Å². The molecule has 1 saturated heterocycles. The Kier molecular flexibility index (Phi) is 5.14. The number of rotatable bonds is 5. The van der Waals surface area contributed by atoms with Crippen molar-refractivity contribution in [1.29, 1.82) is 0 Å². The number of carbonyl (C=O) groups is 1. The number of amides is 1. The van der Waals surface area contributed by atoms with Gasteiger partial charge in [-0.2, -0.15) is 0 Å². The maximum Gasteiger partial charge on any atom is 0.226 e. The van der Waals surface area contributed by atoms with Gasteiger partial charge in [-0.1, -0.05) is 12.1 Å². The lowest BCUT2D eigenvalue weighted by Crippen LogP contribution is -2.34. The van der Waals surface area contributed by atoms with Gasteiger partial charge in [0.25, 0.3) is 0 Å². The van der Waals surface area contributed by atoms with Gasteiger partial charge >= 0.3 is 0 Å². The molecule has 0 spiro atoms. The molecule has 1 amide bonds. The maximum atomic E-state index is 13.5. The second-order valence-corrected chi connectivity index (χ2v) is 6.97. The zero-order valence-corrected chi connectivity index (χ0v) is 15.0. The van der Waals surface area contributed by atoms with Crippen LogP contribution in [0.1, 0.15) is 17.3 Å². The number of benzene rings is 1. The van der Waals surface area contributed by atoms with Crippen LogP contribution in [0.2, 0.25) is 0 Å². The minimum absolute atomic E-state index is 0.115. The van der Waals surface area contributed by atoms with Crippen molar-refractivity contribution in [3.63, 3.8) is 0 Å². The second-order valence-electron chi connectivity index (χ2n) is 6.12. The third-order valence-electron chi connectivity index (χ3n) is 4.30. The molecule has 27 heavy (non-hydrogen) atoms. The molecule has 3 heterocycles. The van der Waals surface area contributed by atoms with Gasteiger partial charge in [0.15, 0.2) is 0 Å². The van der Waals surface area contributed by atoms with Crippen LogP contribution in [0.25, 0.3) is 10.7 Å². The van der Waals surface area contributed by atoms with Crippen LogP contribution in [-0.4, -0.2) is 27.4 Å². The van der Waals surface area contributed by atoms with Gasteiger partial charge in [-0.3, -0.25) is 20.2 Å². The lowest BCUT2D eigenvalue weighted by atomic mass is 9.94. The summed E-state index contributed by atoms with van der Waals surface area (Å²) >= 11 is 1.45. The van der Waals surface area contributed by atoms with Gasteiger partial charge < -0.3 is 5.32 Å². The lowest BCUT2D eigenvalue weighted by Gasteiger charge is -2.18. The van der Waals surface area contributed by atoms with Gasteiger partial charge in [-0.25, -0.2) is 14.8 Å². The topological polar surface area (TPSA) is 91.8 Å². The number of carbonyl (C=O) groups excluding carboxylic acids is 1. The van der Waals surface area contributed by atoms with Crippen LogP contribution >= 0.6 is 11.3 Å². The normalized spacial score (nSPS) is 19.1. The predicted octanol–water partition coefficient (Wildman–Crippen LogP) is 1.82. The van der Waals surface area contributed by atoms with Crippen molar-refractivity contribution in [2.45, 2.75) is 12.6 Å². The van der Waals surface area contributed by atoms with Crippen LogP contribution in [0.5, 0.6) is 0 Å². The molecule has 138 valence electrons. The largest absolute Gasteiger partial charge is 0.350 e. The Morgan fingerprint density at radius 2 is 2.30 bits per heavy atom. The average molecular weight is 384 g/mol. The monoisotopic (exact) mass is 384 g/mol. The molecule has 9 heteroatoms. The highest BCUT2D eigenvalue weighted by atomic mass is 32.1. The van der Waals surface area contributed by atoms with Crippen molar-refractivity contribution in [2.75, 3.05) is 6.54 Å². The first-order valence-corrected chi connectivity index (χ1v) is 9.31. The van der Waals surface area contributed by atoms with E-state index in [1.54, 1.807) is 24.7 Å². The summed E-state index contributed by atoms with van der Waals surface area (Å²) in [6.45, 7) is 0.789. The molecule has 7 nitrogen and oxygen atoms in total. The first-order chi connectivity index (χ1) is 13.2. The summed E-state index contributed by atoms with van der Waals surface area (Å²) < 4.78 is 13.5. The number of thiazole rings is 1. The number of hydrogen-bond acceptors (Lipinski definition) is 7. The standard InChI is InChI=1S/C18H17FN6OS/c19-12-3-1-2-11(6-12)16-14(8-23-25-16)17(26)22-7-13-10-27-18(24-13)15-9-20-4-5-21-15/h1-6,9-10,14,16,23,25H,7-8H2,(H,22,26). The summed E-state index contributed by atoms with van der Waals surface area (Å²) in [5.41, 5.74) is 8.23. The fourth-order valence-electron chi connectivity index (χ4n) is 2.98. The number of nitrogens with one attached hydrogen (secondary N) is 3. The third kappa shape index (κ3) is 4.00. The first-order valence-electron chi connectivity index (χ1n) is 8.43. The van der Waals surface area contributed by atoms with Crippen LogP contribution in [0.3, 0.4) is 0 Å². The molecule has 0 saturated carbocycles. The predicted molar refractivity (Wildman–Crippen MR) is 98.8 cm³/mol. The maximum absolute atomic E-state index is 13.5. The quantitative estimate of drug-likeness (QED) is 0.622. The van der Waals surface area contributed by atoms with E-state index in [0.29, 0.717) is 18.8 Å². The van der Waals surface area contributed by atoms with E-state index < -0.39 is 0 Å². The molecule has 4 rings (SSSR count). The van der Waals surface area contributed by atoms with Crippen molar-refractivity contribution in [3.05, 3.63) is 65.3 Å². The Labute approximate surface area is 159 Å². The molecule has 2 unspecified atom stereocenters. The Balaban J connectivity index is 1.40. The number of hydrazine groups is 1. The Morgan fingerprint density at radius 3 is 3.11 bits per heavy atom. The lowest BCUT2D eigenvalue weighted by molar-refractivity contribution is -0.125. The Hall–Kier alpha value is -2.75. The van der Waals surface area contributed by atoms with Crippen LogP contribution < -0.4 is 16.2 Å². The molecular weight excluding hydrogens is 367 g/mol. The minimum Gasteiger partial charge on any atom is -0.350 e. The number of aromatic nitrogens is 3.